The highest BCUT2D eigenvalue weighted by molar-refractivity contribution is 6.03. The van der Waals surface area contributed by atoms with Crippen LogP contribution in [0.3, 0.4) is 0 Å². The number of hydrogen-bond acceptors (Lipinski definition) is 5. The molecule has 0 radical (unpaired) electrons. The van der Waals surface area contributed by atoms with E-state index in [-0.39, 0.29) is 36.0 Å². The van der Waals surface area contributed by atoms with Crippen molar-refractivity contribution < 1.29 is 18.7 Å². The summed E-state index contributed by atoms with van der Waals surface area (Å²) in [5.74, 6) is -0.295. The van der Waals surface area contributed by atoms with Crippen LogP contribution in [-0.2, 0) is 22.5 Å². The van der Waals surface area contributed by atoms with E-state index in [0.29, 0.717) is 49.4 Å². The lowest BCUT2D eigenvalue weighted by Crippen LogP contribution is -2.42. The van der Waals surface area contributed by atoms with Crippen molar-refractivity contribution in [3.05, 3.63) is 83.1 Å². The first kappa shape index (κ1) is 29.5. The van der Waals surface area contributed by atoms with Crippen LogP contribution in [0.1, 0.15) is 58.8 Å². The average molecular weight is 575 g/mol. The van der Waals surface area contributed by atoms with Crippen LogP contribution in [0.25, 0.3) is 10.9 Å². The molecule has 10 heteroatoms. The van der Waals surface area contributed by atoms with Crippen LogP contribution in [0.2, 0.25) is 0 Å². The summed E-state index contributed by atoms with van der Waals surface area (Å²) >= 11 is 0. The molecule has 3 heterocycles. The van der Waals surface area contributed by atoms with Gasteiger partial charge in [0, 0.05) is 74.7 Å². The van der Waals surface area contributed by atoms with Gasteiger partial charge >= 0.3 is 0 Å². The number of anilines is 1. The smallest absolute Gasteiger partial charge is 0.258 e. The maximum absolute atomic E-state index is 15.0. The number of ether oxygens (including phenoxy) is 1. The number of para-hydroxylation sites is 1. The lowest BCUT2D eigenvalue weighted by Gasteiger charge is -2.34. The van der Waals surface area contributed by atoms with E-state index in [1.54, 1.807) is 13.2 Å². The van der Waals surface area contributed by atoms with Gasteiger partial charge in [-0.05, 0) is 61.9 Å². The molecule has 5 rings (SSSR count). The second kappa shape index (κ2) is 13.3. The first-order chi connectivity index (χ1) is 20.4. The molecule has 2 aromatic carbocycles. The van der Waals surface area contributed by atoms with E-state index in [9.17, 15) is 9.59 Å². The zero-order chi connectivity index (χ0) is 29.6. The highest BCUT2D eigenvalue weighted by atomic mass is 19.1. The number of nitrogens with zero attached hydrogens (tertiary/aromatic N) is 3. The Kier molecular flexibility index (Phi) is 9.34. The topological polar surface area (TPSA) is 118 Å². The minimum Gasteiger partial charge on any atom is -0.385 e. The van der Waals surface area contributed by atoms with Crippen LogP contribution >= 0.6 is 0 Å². The number of aromatic amines is 1. The zero-order valence-electron chi connectivity index (χ0n) is 24.2. The van der Waals surface area contributed by atoms with Gasteiger partial charge in [0.2, 0.25) is 5.91 Å². The molecule has 4 N–H and O–H groups in total. The number of fused-ring (bicyclic) bond motifs is 1. The summed E-state index contributed by atoms with van der Waals surface area (Å²) in [4.78, 5) is 27.5. The second-order valence-corrected chi connectivity index (χ2v) is 11.1. The molecule has 2 unspecified atom stereocenters. The number of benzene rings is 2. The van der Waals surface area contributed by atoms with Gasteiger partial charge in [-0.1, -0.05) is 24.3 Å². The van der Waals surface area contributed by atoms with Gasteiger partial charge in [-0.15, -0.1) is 0 Å². The number of likely N-dealkylation sites (tertiary alicyclic amines) is 1. The largest absolute Gasteiger partial charge is 0.385 e. The third-order valence-electron chi connectivity index (χ3n) is 8.13. The quantitative estimate of drug-likeness (QED) is 0.223. The molecule has 0 aliphatic carbocycles. The third-order valence-corrected chi connectivity index (χ3v) is 8.13. The summed E-state index contributed by atoms with van der Waals surface area (Å²) < 4.78 is 22.4. The van der Waals surface area contributed by atoms with E-state index >= 15 is 4.39 Å². The van der Waals surface area contributed by atoms with Gasteiger partial charge in [0.25, 0.3) is 5.91 Å². The summed E-state index contributed by atoms with van der Waals surface area (Å²) in [7, 11) is 1.68. The van der Waals surface area contributed by atoms with Crippen molar-refractivity contribution in [2.75, 3.05) is 32.1 Å². The summed E-state index contributed by atoms with van der Waals surface area (Å²) in [6.07, 6.45) is 6.41. The Morgan fingerprint density at radius 2 is 2.05 bits per heavy atom. The molecule has 1 aliphatic heterocycles. The molecule has 222 valence electrons. The van der Waals surface area contributed by atoms with Crippen LogP contribution in [0.5, 0.6) is 0 Å². The number of nitrogens with one attached hydrogen (secondary N) is 2. The number of rotatable bonds is 11. The molecule has 2 atom stereocenters. The summed E-state index contributed by atoms with van der Waals surface area (Å²) in [5, 5.41) is 10.2. The molecule has 9 nitrogen and oxygen atoms in total. The number of methoxy groups -OCH3 is 1. The Labute approximate surface area is 245 Å². The fourth-order valence-corrected chi connectivity index (χ4v) is 6.14. The van der Waals surface area contributed by atoms with E-state index in [1.165, 1.54) is 18.5 Å². The Morgan fingerprint density at radius 3 is 2.79 bits per heavy atom. The number of H-pyrrole nitrogens is 1. The van der Waals surface area contributed by atoms with E-state index in [1.807, 2.05) is 35.2 Å². The highest BCUT2D eigenvalue weighted by Crippen LogP contribution is 2.36. The Hall–Kier alpha value is -4.02. The molecule has 1 aliphatic rings. The third kappa shape index (κ3) is 6.55. The lowest BCUT2D eigenvalue weighted by atomic mass is 9.91. The molecule has 1 saturated heterocycles. The number of piperidine rings is 1. The average Bonchev–Trinajstić information content (AvgIpc) is 3.62. The molecule has 4 aromatic rings. The molecule has 1 fully saturated rings. The number of carbonyl (C=O) groups excluding carboxylic acids is 2. The normalized spacial score (nSPS) is 16.1. The second-order valence-electron chi connectivity index (χ2n) is 11.1. The van der Waals surface area contributed by atoms with E-state index in [2.05, 4.69) is 27.0 Å². The monoisotopic (exact) mass is 574 g/mol. The Morgan fingerprint density at radius 1 is 1.24 bits per heavy atom. The van der Waals surface area contributed by atoms with Crippen molar-refractivity contribution >= 4 is 28.4 Å². The van der Waals surface area contributed by atoms with Crippen LogP contribution in [0, 0.1) is 12.7 Å². The van der Waals surface area contributed by atoms with Crippen molar-refractivity contribution in [2.24, 2.45) is 5.73 Å². The van der Waals surface area contributed by atoms with Crippen LogP contribution in [0.4, 0.5) is 10.1 Å². The van der Waals surface area contributed by atoms with Gasteiger partial charge in [-0.2, -0.15) is 5.10 Å². The van der Waals surface area contributed by atoms with E-state index in [0.717, 1.165) is 41.5 Å². The van der Waals surface area contributed by atoms with Gasteiger partial charge in [0.05, 0.1) is 17.3 Å². The Bertz CT molecular complexity index is 1520. The van der Waals surface area contributed by atoms with Gasteiger partial charge in [0.1, 0.15) is 5.82 Å². The number of hydrogen-bond donors (Lipinski definition) is 3. The summed E-state index contributed by atoms with van der Waals surface area (Å²) in [6, 6.07) is 12.4. The number of carbonyl (C=O) groups is 2. The Balaban J connectivity index is 1.22. The minimum absolute atomic E-state index is 0.0436. The first-order valence-electron chi connectivity index (χ1n) is 14.5. The van der Waals surface area contributed by atoms with E-state index in [4.69, 9.17) is 10.5 Å². The number of nitrogens with two attached hydrogens (primary N) is 1. The molecule has 0 saturated carbocycles. The predicted molar refractivity (Wildman–Crippen MR) is 161 cm³/mol. The van der Waals surface area contributed by atoms with Crippen molar-refractivity contribution in [3.63, 3.8) is 0 Å². The van der Waals surface area contributed by atoms with Crippen LogP contribution in [-0.4, -0.2) is 64.3 Å². The number of amides is 2. The zero-order valence-corrected chi connectivity index (χ0v) is 24.2. The van der Waals surface area contributed by atoms with E-state index < -0.39 is 0 Å². The molecule has 42 heavy (non-hydrogen) atoms. The van der Waals surface area contributed by atoms with Crippen molar-refractivity contribution in [1.29, 1.82) is 0 Å². The number of aromatic nitrogens is 3. The molecule has 2 amide bonds. The molecular formula is C32H39FN6O3. The number of aryl methyl sites for hydroxylation is 2. The fraction of sp³-hybridized carbons (Fsp3) is 0.406. The lowest BCUT2D eigenvalue weighted by molar-refractivity contribution is -0.132. The van der Waals surface area contributed by atoms with Crippen molar-refractivity contribution in [2.45, 2.75) is 57.5 Å². The minimum atomic E-state index is -0.333. The number of halogens is 1. The van der Waals surface area contributed by atoms with Gasteiger partial charge in [-0.25, -0.2) is 4.39 Å². The van der Waals surface area contributed by atoms with Gasteiger partial charge in [-0.3, -0.25) is 14.7 Å². The molecule has 0 spiro atoms. The molecule has 0 bridgehead atoms. The van der Waals surface area contributed by atoms with Gasteiger partial charge < -0.3 is 25.3 Å². The summed E-state index contributed by atoms with van der Waals surface area (Å²) in [5.41, 5.74) is 11.4. The molecule has 2 aromatic heterocycles. The standard InChI is InChI=1S/C32H39FN6O3/c1-21-27-7-3-8-28(33)31(27)39(14-5-15-42-2)30(21)23-6-4-13-38(20-23)29(40)17-25(34)16-22-9-11-26(12-10-22)37-32(41)24-18-35-36-19-24/h3,7-12,18-19,23,25H,4-6,13-17,20,34H2,1-2H3,(H,35,36)(H,37,41). The predicted octanol–water partition coefficient (Wildman–Crippen LogP) is 4.77. The first-order valence-corrected chi connectivity index (χ1v) is 14.5. The van der Waals surface area contributed by atoms with Crippen LogP contribution in [0.15, 0.2) is 54.9 Å². The van der Waals surface area contributed by atoms with Crippen molar-refractivity contribution in [1.82, 2.24) is 19.7 Å². The fourth-order valence-electron chi connectivity index (χ4n) is 6.14. The maximum Gasteiger partial charge on any atom is 0.258 e. The van der Waals surface area contributed by atoms with Crippen LogP contribution < -0.4 is 11.1 Å². The summed E-state index contributed by atoms with van der Waals surface area (Å²) in [6.45, 7) is 4.62. The molecular weight excluding hydrogens is 535 g/mol. The van der Waals surface area contributed by atoms with Gasteiger partial charge in [0.15, 0.2) is 0 Å². The van der Waals surface area contributed by atoms with Crippen molar-refractivity contribution in [3.8, 4) is 0 Å². The maximum atomic E-state index is 15.0. The SMILES string of the molecule is COCCCn1c(C2CCCN(C(=O)CC(N)Cc3ccc(NC(=O)c4cn[nH]c4)cc3)C2)c(C)c2cccc(F)c21. The highest BCUT2D eigenvalue weighted by Gasteiger charge is 2.30.